The van der Waals surface area contributed by atoms with Gasteiger partial charge in [0.15, 0.2) is 0 Å². The first-order chi connectivity index (χ1) is 15.2. The predicted molar refractivity (Wildman–Crippen MR) is 115 cm³/mol. The number of halogens is 1. The van der Waals surface area contributed by atoms with Crippen LogP contribution in [0.3, 0.4) is 0 Å². The van der Waals surface area contributed by atoms with Gasteiger partial charge in [0.1, 0.15) is 17.5 Å². The summed E-state index contributed by atoms with van der Waals surface area (Å²) in [4.78, 5) is 28.2. The van der Waals surface area contributed by atoms with E-state index in [4.69, 9.17) is 9.47 Å². The molecule has 0 atom stereocenters. The Morgan fingerprint density at radius 2 is 1.84 bits per heavy atom. The number of amides is 2. The Kier molecular flexibility index (Phi) is 6.08. The molecular formula is C23H29FN4O4. The van der Waals surface area contributed by atoms with Crippen molar-refractivity contribution in [2.45, 2.75) is 58.3 Å². The van der Waals surface area contributed by atoms with Gasteiger partial charge in [0.2, 0.25) is 0 Å². The molecule has 0 N–H and O–H groups in total. The number of benzene rings is 1. The van der Waals surface area contributed by atoms with Gasteiger partial charge in [-0.25, -0.2) is 18.7 Å². The van der Waals surface area contributed by atoms with Crippen molar-refractivity contribution in [3.8, 4) is 5.69 Å². The first kappa shape index (κ1) is 22.1. The van der Waals surface area contributed by atoms with Gasteiger partial charge >= 0.3 is 12.2 Å². The van der Waals surface area contributed by atoms with Crippen molar-refractivity contribution >= 4 is 12.2 Å². The van der Waals surface area contributed by atoms with Crippen LogP contribution in [0, 0.1) is 5.82 Å². The van der Waals surface area contributed by atoms with Crippen LogP contribution in [-0.2, 0) is 22.4 Å². The topological polar surface area (TPSA) is 76.9 Å². The van der Waals surface area contributed by atoms with Crippen LogP contribution in [0.4, 0.5) is 14.0 Å². The molecule has 0 saturated carbocycles. The zero-order valence-electron chi connectivity index (χ0n) is 18.7. The quantitative estimate of drug-likeness (QED) is 0.702. The van der Waals surface area contributed by atoms with Crippen molar-refractivity contribution in [1.29, 1.82) is 0 Å². The lowest BCUT2D eigenvalue weighted by Gasteiger charge is -2.34. The lowest BCUT2D eigenvalue weighted by atomic mass is 10.1. The van der Waals surface area contributed by atoms with E-state index in [-0.39, 0.29) is 24.1 Å². The Bertz CT molecular complexity index is 992. The highest BCUT2D eigenvalue weighted by molar-refractivity contribution is 5.69. The van der Waals surface area contributed by atoms with E-state index in [9.17, 15) is 14.0 Å². The fourth-order valence-electron chi connectivity index (χ4n) is 4.02. The molecular weight excluding hydrogens is 415 g/mol. The minimum absolute atomic E-state index is 0.224. The molecule has 0 bridgehead atoms. The highest BCUT2D eigenvalue weighted by atomic mass is 19.1. The average Bonchev–Trinajstić information content (AvgIpc) is 3.16. The van der Waals surface area contributed by atoms with Gasteiger partial charge in [0, 0.05) is 44.5 Å². The molecule has 0 aliphatic carbocycles. The van der Waals surface area contributed by atoms with Crippen LogP contribution < -0.4 is 0 Å². The molecule has 2 aliphatic rings. The molecule has 32 heavy (non-hydrogen) atoms. The summed E-state index contributed by atoms with van der Waals surface area (Å²) in [5, 5.41) is 4.39. The van der Waals surface area contributed by atoms with E-state index in [0.29, 0.717) is 51.1 Å². The molecule has 9 heteroatoms. The van der Waals surface area contributed by atoms with Crippen molar-refractivity contribution in [2.24, 2.45) is 0 Å². The fraction of sp³-hybridized carbons (Fsp3) is 0.522. The maximum Gasteiger partial charge on any atom is 0.410 e. The number of nitrogens with zero attached hydrogens (tertiary/aromatic N) is 4. The number of hydrogen-bond donors (Lipinski definition) is 0. The van der Waals surface area contributed by atoms with E-state index in [0.717, 1.165) is 11.3 Å². The third-order valence-corrected chi connectivity index (χ3v) is 5.61. The summed E-state index contributed by atoms with van der Waals surface area (Å²) in [5.41, 5.74) is 2.04. The summed E-state index contributed by atoms with van der Waals surface area (Å²) in [6.45, 7) is 7.42. The summed E-state index contributed by atoms with van der Waals surface area (Å²) in [7, 11) is 0. The molecule has 8 nitrogen and oxygen atoms in total. The van der Waals surface area contributed by atoms with Crippen molar-refractivity contribution in [3.05, 3.63) is 47.5 Å². The molecule has 2 aliphatic heterocycles. The monoisotopic (exact) mass is 444 g/mol. The molecule has 0 radical (unpaired) electrons. The second-order valence-electron chi connectivity index (χ2n) is 9.23. The number of hydrogen-bond acceptors (Lipinski definition) is 5. The number of ether oxygens (including phenoxy) is 2. The third-order valence-electron chi connectivity index (χ3n) is 5.61. The zero-order chi connectivity index (χ0) is 22.9. The molecule has 2 amide bonds. The van der Waals surface area contributed by atoms with Crippen LogP contribution in [0.1, 0.15) is 44.9 Å². The predicted octanol–water partition coefficient (Wildman–Crippen LogP) is 3.91. The second-order valence-corrected chi connectivity index (χ2v) is 9.23. The van der Waals surface area contributed by atoms with Crippen molar-refractivity contribution in [2.75, 3.05) is 19.6 Å². The molecule has 1 fully saturated rings. The molecule has 4 rings (SSSR count). The highest BCUT2D eigenvalue weighted by Crippen LogP contribution is 2.24. The van der Waals surface area contributed by atoms with E-state index in [1.165, 1.54) is 12.1 Å². The van der Waals surface area contributed by atoms with Crippen LogP contribution in [0.25, 0.3) is 5.69 Å². The SMILES string of the molecule is CC(C)(C)OC(=O)N1CCC(OC(=O)N2CCc3c(cnn3-c3cccc(F)c3)C2)CC1. The molecule has 1 aromatic carbocycles. The van der Waals surface area contributed by atoms with Gasteiger partial charge in [-0.1, -0.05) is 6.07 Å². The molecule has 172 valence electrons. The van der Waals surface area contributed by atoms with Crippen molar-refractivity contribution < 1.29 is 23.5 Å². The molecule has 2 aromatic rings. The Morgan fingerprint density at radius 3 is 2.53 bits per heavy atom. The molecule has 1 aromatic heterocycles. The Labute approximate surface area is 186 Å². The summed E-state index contributed by atoms with van der Waals surface area (Å²) in [5.74, 6) is -0.314. The molecule has 0 unspecified atom stereocenters. The van der Waals surface area contributed by atoms with Crippen molar-refractivity contribution in [1.82, 2.24) is 19.6 Å². The van der Waals surface area contributed by atoms with Crippen molar-refractivity contribution in [3.63, 3.8) is 0 Å². The van der Waals surface area contributed by atoms with Gasteiger partial charge in [-0.15, -0.1) is 0 Å². The Hall–Kier alpha value is -3.10. The maximum atomic E-state index is 13.6. The van der Waals surface area contributed by atoms with Gasteiger partial charge in [-0.3, -0.25) is 0 Å². The van der Waals surface area contributed by atoms with E-state index in [1.54, 1.807) is 32.8 Å². The Morgan fingerprint density at radius 1 is 1.09 bits per heavy atom. The smallest absolute Gasteiger partial charge is 0.410 e. The van der Waals surface area contributed by atoms with Crippen LogP contribution in [0.2, 0.25) is 0 Å². The molecule has 1 saturated heterocycles. The lowest BCUT2D eigenvalue weighted by Crippen LogP contribution is -2.45. The van der Waals surface area contributed by atoms with Gasteiger partial charge in [-0.2, -0.15) is 5.10 Å². The number of rotatable bonds is 2. The van der Waals surface area contributed by atoms with E-state index in [2.05, 4.69) is 5.10 Å². The summed E-state index contributed by atoms with van der Waals surface area (Å²) in [6, 6.07) is 6.30. The van der Waals surface area contributed by atoms with Crippen LogP contribution >= 0.6 is 0 Å². The lowest BCUT2D eigenvalue weighted by molar-refractivity contribution is 0.000407. The zero-order valence-corrected chi connectivity index (χ0v) is 18.7. The van der Waals surface area contributed by atoms with Crippen LogP contribution in [0.15, 0.2) is 30.5 Å². The fourth-order valence-corrected chi connectivity index (χ4v) is 4.02. The number of carbonyl (C=O) groups is 2. The Balaban J connectivity index is 1.31. The number of carbonyl (C=O) groups excluding carboxylic acids is 2. The summed E-state index contributed by atoms with van der Waals surface area (Å²) < 4.78 is 26.4. The minimum atomic E-state index is -0.532. The summed E-state index contributed by atoms with van der Waals surface area (Å²) >= 11 is 0. The first-order valence-electron chi connectivity index (χ1n) is 10.9. The minimum Gasteiger partial charge on any atom is -0.446 e. The highest BCUT2D eigenvalue weighted by Gasteiger charge is 2.31. The number of likely N-dealkylation sites (tertiary alicyclic amines) is 1. The second kappa shape index (κ2) is 8.80. The number of piperidine rings is 1. The number of aromatic nitrogens is 2. The van der Waals surface area contributed by atoms with E-state index in [1.807, 2.05) is 20.8 Å². The van der Waals surface area contributed by atoms with E-state index < -0.39 is 5.60 Å². The average molecular weight is 445 g/mol. The van der Waals surface area contributed by atoms with Gasteiger partial charge in [0.05, 0.1) is 24.1 Å². The maximum absolute atomic E-state index is 13.6. The third kappa shape index (κ3) is 5.03. The normalized spacial score (nSPS) is 17.1. The number of fused-ring (bicyclic) bond motifs is 1. The standard InChI is InChI=1S/C23H29FN4O4/c1-23(2,3)32-22(30)26-10-7-19(8-11-26)31-21(29)27-12-9-20-16(15-27)14-25-28(20)18-6-4-5-17(24)13-18/h4-6,13-14,19H,7-12,15H2,1-3H3. The van der Waals surface area contributed by atoms with E-state index >= 15 is 0 Å². The summed E-state index contributed by atoms with van der Waals surface area (Å²) in [6.07, 6.45) is 2.59. The largest absolute Gasteiger partial charge is 0.446 e. The van der Waals surface area contributed by atoms with Gasteiger partial charge < -0.3 is 19.3 Å². The molecule has 3 heterocycles. The van der Waals surface area contributed by atoms with Crippen LogP contribution in [0.5, 0.6) is 0 Å². The van der Waals surface area contributed by atoms with Gasteiger partial charge in [-0.05, 0) is 39.0 Å². The van der Waals surface area contributed by atoms with Gasteiger partial charge in [0.25, 0.3) is 0 Å². The first-order valence-corrected chi connectivity index (χ1v) is 10.9. The molecule has 0 spiro atoms. The van der Waals surface area contributed by atoms with Crippen LogP contribution in [-0.4, -0.2) is 63.1 Å².